The average Bonchev–Trinajstić information content (AvgIpc) is 2.69. The van der Waals surface area contributed by atoms with Crippen molar-refractivity contribution in [1.82, 2.24) is 19.8 Å². The minimum absolute atomic E-state index is 0.528. The van der Waals surface area contributed by atoms with E-state index in [1.165, 1.54) is 0 Å². The molecule has 0 bridgehead atoms. The maximum absolute atomic E-state index is 6.10. The molecule has 2 aromatic rings. The Bertz CT molecular complexity index is 547. The minimum atomic E-state index is 0.528. The van der Waals surface area contributed by atoms with Gasteiger partial charge in [-0.2, -0.15) is 9.61 Å². The van der Waals surface area contributed by atoms with Gasteiger partial charge < -0.3 is 0 Å². The van der Waals surface area contributed by atoms with Gasteiger partial charge in [0.05, 0.1) is 0 Å². The van der Waals surface area contributed by atoms with Crippen LogP contribution in [0.15, 0.2) is 0 Å². The Morgan fingerprint density at radius 3 is 2.59 bits per heavy atom. The van der Waals surface area contributed by atoms with Gasteiger partial charge in [-0.15, -0.1) is 10.2 Å². The number of halogens is 1. The molecule has 0 fully saturated rings. The second-order valence-electron chi connectivity index (χ2n) is 4.61. The first-order chi connectivity index (χ1) is 8.04. The van der Waals surface area contributed by atoms with Crippen LogP contribution in [0.3, 0.4) is 0 Å². The van der Waals surface area contributed by atoms with E-state index in [2.05, 4.69) is 29.1 Å². The van der Waals surface area contributed by atoms with Gasteiger partial charge in [0.2, 0.25) is 0 Å². The molecule has 0 spiro atoms. The van der Waals surface area contributed by atoms with E-state index in [9.17, 15) is 0 Å². The van der Waals surface area contributed by atoms with Gasteiger partial charge in [-0.3, -0.25) is 0 Å². The highest BCUT2D eigenvalue weighted by atomic mass is 35.5. The molecule has 0 N–H and O–H groups in total. The third kappa shape index (κ3) is 2.14. The van der Waals surface area contributed by atoms with Crippen LogP contribution < -0.4 is 0 Å². The van der Waals surface area contributed by atoms with E-state index in [0.717, 1.165) is 35.4 Å². The molecule has 0 aromatic carbocycles. The highest BCUT2D eigenvalue weighted by molar-refractivity contribution is 6.30. The number of aromatic nitrogens is 4. The fourth-order valence-corrected chi connectivity index (χ4v) is 1.94. The minimum Gasteiger partial charge on any atom is -0.196 e. The van der Waals surface area contributed by atoms with E-state index in [-0.39, 0.29) is 0 Å². The predicted octanol–water partition coefficient (Wildman–Crippen LogP) is 2.98. The van der Waals surface area contributed by atoms with Gasteiger partial charge in [0, 0.05) is 12.0 Å². The summed E-state index contributed by atoms with van der Waals surface area (Å²) in [5.74, 6) is 1.46. The summed E-state index contributed by atoms with van der Waals surface area (Å²) in [5.41, 5.74) is 2.83. The molecule has 2 aromatic heterocycles. The van der Waals surface area contributed by atoms with Gasteiger partial charge in [-0.05, 0) is 25.3 Å². The molecule has 17 heavy (non-hydrogen) atoms. The lowest BCUT2D eigenvalue weighted by atomic mass is 10.1. The van der Waals surface area contributed by atoms with Crippen molar-refractivity contribution in [2.45, 2.75) is 40.5 Å². The summed E-state index contributed by atoms with van der Waals surface area (Å²) in [6, 6.07) is 0. The van der Waals surface area contributed by atoms with E-state index in [0.29, 0.717) is 11.1 Å². The van der Waals surface area contributed by atoms with E-state index in [1.807, 2.05) is 13.8 Å². The summed E-state index contributed by atoms with van der Waals surface area (Å²) in [6.45, 7) is 8.32. The van der Waals surface area contributed by atoms with Crippen LogP contribution in [0.2, 0.25) is 5.15 Å². The average molecular weight is 253 g/mol. The number of hydrogen-bond acceptors (Lipinski definition) is 3. The second kappa shape index (κ2) is 4.61. The first-order valence-corrected chi connectivity index (χ1v) is 6.29. The Balaban J connectivity index is 2.54. The number of nitrogens with zero attached hydrogens (tertiary/aromatic N) is 4. The Morgan fingerprint density at radius 1 is 1.24 bits per heavy atom. The van der Waals surface area contributed by atoms with E-state index < -0.39 is 0 Å². The van der Waals surface area contributed by atoms with E-state index in [4.69, 9.17) is 11.6 Å². The van der Waals surface area contributed by atoms with Gasteiger partial charge in [0.15, 0.2) is 16.6 Å². The predicted molar refractivity (Wildman–Crippen MR) is 68.4 cm³/mol. The van der Waals surface area contributed by atoms with Crippen molar-refractivity contribution in [3.8, 4) is 0 Å². The van der Waals surface area contributed by atoms with Gasteiger partial charge in [0.1, 0.15) is 0 Å². The summed E-state index contributed by atoms with van der Waals surface area (Å²) >= 11 is 6.10. The number of aryl methyl sites for hydroxylation is 1. The smallest absolute Gasteiger partial charge is 0.181 e. The fraction of sp³-hybridized carbons (Fsp3) is 0.583. The molecule has 5 heteroatoms. The molecule has 2 heterocycles. The van der Waals surface area contributed by atoms with Crippen LogP contribution in [0, 0.1) is 19.8 Å². The molecule has 2 rings (SSSR count). The van der Waals surface area contributed by atoms with Crippen LogP contribution in [0.4, 0.5) is 0 Å². The quantitative estimate of drug-likeness (QED) is 0.844. The maximum Gasteiger partial charge on any atom is 0.181 e. The zero-order chi connectivity index (χ0) is 12.6. The Kier molecular flexibility index (Phi) is 3.33. The number of hydrogen-bond donors (Lipinski definition) is 0. The van der Waals surface area contributed by atoms with Crippen molar-refractivity contribution < 1.29 is 0 Å². The van der Waals surface area contributed by atoms with Crippen LogP contribution in [0.25, 0.3) is 5.65 Å². The number of fused-ring (bicyclic) bond motifs is 1. The van der Waals surface area contributed by atoms with Crippen LogP contribution in [-0.4, -0.2) is 19.8 Å². The molecule has 1 unspecified atom stereocenters. The molecule has 0 saturated carbocycles. The zero-order valence-corrected chi connectivity index (χ0v) is 11.4. The first kappa shape index (κ1) is 12.3. The summed E-state index contributed by atoms with van der Waals surface area (Å²) < 4.78 is 1.77. The van der Waals surface area contributed by atoms with Crippen LogP contribution in [0.1, 0.15) is 37.2 Å². The van der Waals surface area contributed by atoms with Crippen molar-refractivity contribution in [2.75, 3.05) is 0 Å². The monoisotopic (exact) mass is 252 g/mol. The van der Waals surface area contributed by atoms with Gasteiger partial charge in [-0.25, -0.2) is 0 Å². The molecule has 0 aliphatic rings. The second-order valence-corrected chi connectivity index (χ2v) is 4.97. The van der Waals surface area contributed by atoms with Crippen LogP contribution in [-0.2, 0) is 6.42 Å². The topological polar surface area (TPSA) is 43.1 Å². The molecule has 92 valence electrons. The van der Waals surface area contributed by atoms with Gasteiger partial charge >= 0.3 is 0 Å². The summed E-state index contributed by atoms with van der Waals surface area (Å²) in [6.07, 6.45) is 2.00. The lowest BCUT2D eigenvalue weighted by molar-refractivity contribution is 0.535. The van der Waals surface area contributed by atoms with Gasteiger partial charge in [-0.1, -0.05) is 31.9 Å². The molecule has 0 saturated heterocycles. The maximum atomic E-state index is 6.10. The van der Waals surface area contributed by atoms with Crippen molar-refractivity contribution in [2.24, 2.45) is 5.92 Å². The third-order valence-electron chi connectivity index (χ3n) is 3.33. The molecule has 0 amide bonds. The normalized spacial score (nSPS) is 13.2. The molecular formula is C12H17ClN4. The Morgan fingerprint density at radius 2 is 1.94 bits per heavy atom. The van der Waals surface area contributed by atoms with E-state index >= 15 is 0 Å². The summed E-state index contributed by atoms with van der Waals surface area (Å²) in [7, 11) is 0. The summed E-state index contributed by atoms with van der Waals surface area (Å²) in [4.78, 5) is 0. The highest BCUT2D eigenvalue weighted by Crippen LogP contribution is 2.20. The SMILES string of the molecule is CCC(C)Cc1nnc2c(C)c(C)c(Cl)nn12. The van der Waals surface area contributed by atoms with Crippen molar-refractivity contribution in [1.29, 1.82) is 0 Å². The van der Waals surface area contributed by atoms with Crippen molar-refractivity contribution in [3.05, 3.63) is 22.1 Å². The van der Waals surface area contributed by atoms with Crippen LogP contribution >= 0.6 is 11.6 Å². The molecule has 0 aliphatic heterocycles. The molecule has 1 atom stereocenters. The molecule has 4 nitrogen and oxygen atoms in total. The zero-order valence-electron chi connectivity index (χ0n) is 10.7. The molecule has 0 aliphatic carbocycles. The first-order valence-electron chi connectivity index (χ1n) is 5.91. The van der Waals surface area contributed by atoms with Gasteiger partial charge in [0.25, 0.3) is 0 Å². The lowest BCUT2D eigenvalue weighted by Gasteiger charge is -2.07. The summed E-state index contributed by atoms with van der Waals surface area (Å²) in [5, 5.41) is 13.3. The van der Waals surface area contributed by atoms with Crippen LogP contribution in [0.5, 0.6) is 0 Å². The van der Waals surface area contributed by atoms with Crippen molar-refractivity contribution >= 4 is 17.2 Å². The number of rotatable bonds is 3. The molecule has 0 radical (unpaired) electrons. The highest BCUT2D eigenvalue weighted by Gasteiger charge is 2.14. The Labute approximate surface area is 106 Å². The Hall–Kier alpha value is -1.16. The lowest BCUT2D eigenvalue weighted by Crippen LogP contribution is -2.06. The third-order valence-corrected chi connectivity index (χ3v) is 3.69. The molecular weight excluding hydrogens is 236 g/mol. The van der Waals surface area contributed by atoms with E-state index in [1.54, 1.807) is 4.52 Å². The standard InChI is InChI=1S/C12H17ClN4/c1-5-7(2)6-10-14-15-12-9(4)8(3)11(13)16-17(10)12/h7H,5-6H2,1-4H3. The fourth-order valence-electron chi connectivity index (χ4n) is 1.72. The van der Waals surface area contributed by atoms with Crippen molar-refractivity contribution in [3.63, 3.8) is 0 Å². The largest absolute Gasteiger partial charge is 0.196 e.